The van der Waals surface area contributed by atoms with Gasteiger partial charge < -0.3 is 14.5 Å². The van der Waals surface area contributed by atoms with E-state index in [0.717, 1.165) is 16.4 Å². The number of hydrogen-bond donors (Lipinski definition) is 0. The zero-order valence-corrected chi connectivity index (χ0v) is 18.6. The zero-order valence-electron chi connectivity index (χ0n) is 17.8. The summed E-state index contributed by atoms with van der Waals surface area (Å²) < 4.78 is 46.2. The standard InChI is InChI=1S/C23H19ClF3N5O2/c24-17-6-2-4-8-19(17)32-22(13-20(29-32)23(25,26)27)34-15-21(33)31-11-9-30(10-12-31)18-7-3-1-5-16(18)14-28/h1-8,13H,9-12,15H2. The number of alkyl halides is 3. The van der Waals surface area contributed by atoms with Crippen molar-refractivity contribution in [2.24, 2.45) is 0 Å². The lowest BCUT2D eigenvalue weighted by Gasteiger charge is -2.36. The summed E-state index contributed by atoms with van der Waals surface area (Å²) in [6.07, 6.45) is -4.69. The number of aromatic nitrogens is 2. The molecule has 1 amide bonds. The number of halogens is 4. The van der Waals surface area contributed by atoms with Gasteiger partial charge in [-0.3, -0.25) is 4.79 Å². The van der Waals surface area contributed by atoms with E-state index in [4.69, 9.17) is 16.3 Å². The lowest BCUT2D eigenvalue weighted by atomic mass is 10.1. The average molecular weight is 490 g/mol. The number of nitrogens with zero attached hydrogens (tertiary/aromatic N) is 5. The number of anilines is 1. The molecule has 11 heteroatoms. The van der Waals surface area contributed by atoms with E-state index in [1.165, 1.54) is 12.1 Å². The lowest BCUT2D eigenvalue weighted by molar-refractivity contribution is -0.141. The summed E-state index contributed by atoms with van der Waals surface area (Å²) in [6.45, 7) is 1.35. The van der Waals surface area contributed by atoms with Crippen molar-refractivity contribution in [2.75, 3.05) is 37.7 Å². The third-order valence-corrected chi connectivity index (χ3v) is 5.71. The molecule has 0 atom stereocenters. The number of ether oxygens (including phenoxy) is 1. The molecule has 2 heterocycles. The van der Waals surface area contributed by atoms with Gasteiger partial charge in [-0.15, -0.1) is 0 Å². The van der Waals surface area contributed by atoms with E-state index in [-0.39, 0.29) is 22.5 Å². The summed E-state index contributed by atoms with van der Waals surface area (Å²) in [5, 5.41) is 13.1. The number of hydrogen-bond acceptors (Lipinski definition) is 5. The van der Waals surface area contributed by atoms with Gasteiger partial charge in [0.2, 0.25) is 5.88 Å². The minimum absolute atomic E-state index is 0.185. The van der Waals surface area contributed by atoms with Crippen LogP contribution >= 0.6 is 11.6 Å². The van der Waals surface area contributed by atoms with E-state index in [1.807, 2.05) is 17.0 Å². The van der Waals surface area contributed by atoms with Crippen molar-refractivity contribution < 1.29 is 22.7 Å². The molecule has 176 valence electrons. The molecule has 1 fully saturated rings. The van der Waals surface area contributed by atoms with Crippen molar-refractivity contribution in [3.63, 3.8) is 0 Å². The second-order valence-electron chi connectivity index (χ2n) is 7.51. The summed E-state index contributed by atoms with van der Waals surface area (Å²) in [4.78, 5) is 16.3. The highest BCUT2D eigenvalue weighted by molar-refractivity contribution is 6.32. The van der Waals surface area contributed by atoms with Crippen LogP contribution in [0.25, 0.3) is 5.69 Å². The molecule has 0 radical (unpaired) electrons. The molecule has 0 bridgehead atoms. The van der Waals surface area contributed by atoms with Crippen molar-refractivity contribution in [1.29, 1.82) is 5.26 Å². The van der Waals surface area contributed by atoms with Gasteiger partial charge in [0.15, 0.2) is 12.3 Å². The second-order valence-corrected chi connectivity index (χ2v) is 7.92. The molecule has 4 rings (SSSR count). The Kier molecular flexibility index (Phi) is 6.65. The molecule has 1 aromatic heterocycles. The highest BCUT2D eigenvalue weighted by Gasteiger charge is 2.36. The Bertz CT molecular complexity index is 1230. The van der Waals surface area contributed by atoms with E-state index in [9.17, 15) is 23.2 Å². The van der Waals surface area contributed by atoms with Crippen molar-refractivity contribution in [3.05, 3.63) is 70.9 Å². The Morgan fingerprint density at radius 2 is 1.71 bits per heavy atom. The first-order valence-corrected chi connectivity index (χ1v) is 10.7. The van der Waals surface area contributed by atoms with Crippen LogP contribution in [0.5, 0.6) is 5.88 Å². The molecule has 0 spiro atoms. The Morgan fingerprint density at radius 3 is 2.35 bits per heavy atom. The van der Waals surface area contributed by atoms with Crippen LogP contribution in [0, 0.1) is 11.3 Å². The molecule has 34 heavy (non-hydrogen) atoms. The summed E-state index contributed by atoms with van der Waals surface area (Å²) in [5.74, 6) is -0.607. The summed E-state index contributed by atoms with van der Waals surface area (Å²) in [7, 11) is 0. The van der Waals surface area contributed by atoms with Gasteiger partial charge in [-0.05, 0) is 24.3 Å². The monoisotopic (exact) mass is 489 g/mol. The van der Waals surface area contributed by atoms with Gasteiger partial charge in [0.05, 0.1) is 22.0 Å². The number of carbonyl (C=O) groups is 1. The summed E-state index contributed by atoms with van der Waals surface area (Å²) >= 11 is 6.13. The molecule has 0 aliphatic carbocycles. The fourth-order valence-electron chi connectivity index (χ4n) is 3.67. The molecule has 0 saturated carbocycles. The van der Waals surface area contributed by atoms with E-state index in [2.05, 4.69) is 11.2 Å². The van der Waals surface area contributed by atoms with Crippen LogP contribution in [0.3, 0.4) is 0 Å². The normalized spacial score (nSPS) is 14.1. The SMILES string of the molecule is N#Cc1ccccc1N1CCN(C(=O)COc2cc(C(F)(F)F)nn2-c2ccccc2Cl)CC1. The average Bonchev–Trinajstić information content (AvgIpc) is 3.27. The van der Waals surface area contributed by atoms with E-state index >= 15 is 0 Å². The zero-order chi connectivity index (χ0) is 24.3. The van der Waals surface area contributed by atoms with Gasteiger partial charge in [0.1, 0.15) is 6.07 Å². The summed E-state index contributed by atoms with van der Waals surface area (Å²) in [5.41, 5.74) is 0.405. The molecule has 0 unspecified atom stereocenters. The number of benzene rings is 2. The van der Waals surface area contributed by atoms with Gasteiger partial charge >= 0.3 is 6.18 Å². The van der Waals surface area contributed by atoms with Gasteiger partial charge in [-0.2, -0.15) is 28.2 Å². The first-order valence-electron chi connectivity index (χ1n) is 10.3. The van der Waals surface area contributed by atoms with Crippen molar-refractivity contribution in [3.8, 4) is 17.6 Å². The molecule has 7 nitrogen and oxygen atoms in total. The number of nitriles is 1. The fourth-order valence-corrected chi connectivity index (χ4v) is 3.88. The summed E-state index contributed by atoms with van der Waals surface area (Å²) in [6, 6.07) is 16.4. The Balaban J connectivity index is 1.44. The first-order chi connectivity index (χ1) is 16.3. The minimum Gasteiger partial charge on any atom is -0.467 e. The fraction of sp³-hybridized carbons (Fsp3) is 0.261. The van der Waals surface area contributed by atoms with Crippen LogP contribution in [0.15, 0.2) is 54.6 Å². The maximum Gasteiger partial charge on any atom is 0.435 e. The largest absolute Gasteiger partial charge is 0.467 e. The van der Waals surface area contributed by atoms with Crippen LogP contribution in [-0.2, 0) is 11.0 Å². The number of carbonyl (C=O) groups excluding carboxylic acids is 1. The van der Waals surface area contributed by atoms with Crippen LogP contribution in [0.1, 0.15) is 11.3 Å². The van der Waals surface area contributed by atoms with Crippen LogP contribution in [0.4, 0.5) is 18.9 Å². The predicted molar refractivity (Wildman–Crippen MR) is 119 cm³/mol. The molecular formula is C23H19ClF3N5O2. The highest BCUT2D eigenvalue weighted by Crippen LogP contribution is 2.33. The van der Waals surface area contributed by atoms with E-state index in [0.29, 0.717) is 31.7 Å². The van der Waals surface area contributed by atoms with Gasteiger partial charge in [0.25, 0.3) is 5.91 Å². The van der Waals surface area contributed by atoms with Gasteiger partial charge in [-0.1, -0.05) is 35.9 Å². The second kappa shape index (κ2) is 9.65. The first kappa shape index (κ1) is 23.4. The number of amides is 1. The maximum absolute atomic E-state index is 13.3. The van der Waals surface area contributed by atoms with E-state index in [1.54, 1.807) is 29.2 Å². The van der Waals surface area contributed by atoms with Crippen LogP contribution in [-0.4, -0.2) is 53.4 Å². The van der Waals surface area contributed by atoms with Crippen LogP contribution < -0.4 is 9.64 Å². The predicted octanol–water partition coefficient (Wildman–Crippen LogP) is 4.14. The molecule has 3 aromatic rings. The van der Waals surface area contributed by atoms with Crippen molar-refractivity contribution in [1.82, 2.24) is 14.7 Å². The van der Waals surface area contributed by atoms with Gasteiger partial charge in [-0.25, -0.2) is 0 Å². The molecule has 0 N–H and O–H groups in total. The Hall–Kier alpha value is -3.71. The third kappa shape index (κ3) is 4.94. The maximum atomic E-state index is 13.3. The molecule has 1 aliphatic rings. The molecule has 1 aliphatic heterocycles. The van der Waals surface area contributed by atoms with E-state index < -0.39 is 18.5 Å². The minimum atomic E-state index is -4.69. The quantitative estimate of drug-likeness (QED) is 0.538. The van der Waals surface area contributed by atoms with Crippen molar-refractivity contribution >= 4 is 23.2 Å². The number of para-hydroxylation sites is 2. The highest BCUT2D eigenvalue weighted by atomic mass is 35.5. The number of rotatable bonds is 5. The number of piperazine rings is 1. The Morgan fingerprint density at radius 1 is 1.06 bits per heavy atom. The topological polar surface area (TPSA) is 74.4 Å². The van der Waals surface area contributed by atoms with Gasteiger partial charge in [0, 0.05) is 32.2 Å². The smallest absolute Gasteiger partial charge is 0.435 e. The Labute approximate surface area is 198 Å². The molecular weight excluding hydrogens is 471 g/mol. The van der Waals surface area contributed by atoms with Crippen molar-refractivity contribution in [2.45, 2.75) is 6.18 Å². The lowest BCUT2D eigenvalue weighted by Crippen LogP contribution is -2.50. The molecule has 1 saturated heterocycles. The molecule has 2 aromatic carbocycles. The van der Waals surface area contributed by atoms with Crippen LogP contribution in [0.2, 0.25) is 5.02 Å². The third-order valence-electron chi connectivity index (χ3n) is 5.39.